The highest BCUT2D eigenvalue weighted by molar-refractivity contribution is 6.04. The lowest BCUT2D eigenvalue weighted by atomic mass is 10.1. The Morgan fingerprint density at radius 1 is 0.800 bits per heavy atom. The molecule has 0 aliphatic heterocycles. The van der Waals surface area contributed by atoms with Crippen molar-refractivity contribution in [1.29, 1.82) is 0 Å². The van der Waals surface area contributed by atoms with Crippen LogP contribution in [0.2, 0.25) is 0 Å². The first-order valence-electron chi connectivity index (χ1n) is 9.82. The van der Waals surface area contributed by atoms with Crippen LogP contribution >= 0.6 is 0 Å². The summed E-state index contributed by atoms with van der Waals surface area (Å²) in [5.41, 5.74) is 4.83. The van der Waals surface area contributed by atoms with E-state index >= 15 is 0 Å². The molecule has 0 saturated heterocycles. The fraction of sp³-hybridized carbons (Fsp3) is 0.0800. The molecule has 3 aromatic carbocycles. The van der Waals surface area contributed by atoms with Gasteiger partial charge in [-0.2, -0.15) is 0 Å². The molecule has 5 rings (SSSR count). The Balaban J connectivity index is 1.56. The van der Waals surface area contributed by atoms with Crippen molar-refractivity contribution in [3.63, 3.8) is 0 Å². The lowest BCUT2D eigenvalue weighted by Gasteiger charge is -2.07. The van der Waals surface area contributed by atoms with Crippen LogP contribution in [0.1, 0.15) is 27.4 Å². The maximum atomic E-state index is 12.9. The average Bonchev–Trinajstić information content (AvgIpc) is 3.18. The van der Waals surface area contributed by atoms with E-state index in [2.05, 4.69) is 15.3 Å². The summed E-state index contributed by atoms with van der Waals surface area (Å²) >= 11 is 0. The summed E-state index contributed by atoms with van der Waals surface area (Å²) in [7, 11) is 0. The number of amides is 1. The SMILES string of the molecule is O=C(NCc1ccccc1)c1nc(Cc2ccccc2)c2oc3ccccc3c2n1. The van der Waals surface area contributed by atoms with Crippen LogP contribution in [0.3, 0.4) is 0 Å². The average molecular weight is 393 g/mol. The van der Waals surface area contributed by atoms with Crippen LogP contribution in [0, 0.1) is 0 Å². The van der Waals surface area contributed by atoms with E-state index in [1.165, 1.54) is 0 Å². The van der Waals surface area contributed by atoms with Crippen LogP contribution in [0.25, 0.3) is 22.1 Å². The van der Waals surface area contributed by atoms with Gasteiger partial charge in [-0.15, -0.1) is 0 Å². The van der Waals surface area contributed by atoms with Gasteiger partial charge >= 0.3 is 0 Å². The van der Waals surface area contributed by atoms with Crippen molar-refractivity contribution in [1.82, 2.24) is 15.3 Å². The van der Waals surface area contributed by atoms with Gasteiger partial charge < -0.3 is 9.73 Å². The van der Waals surface area contributed by atoms with E-state index in [0.717, 1.165) is 22.1 Å². The van der Waals surface area contributed by atoms with E-state index in [-0.39, 0.29) is 11.7 Å². The minimum Gasteiger partial charge on any atom is -0.452 e. The van der Waals surface area contributed by atoms with E-state index in [4.69, 9.17) is 4.42 Å². The number of para-hydroxylation sites is 1. The minimum atomic E-state index is -0.305. The Morgan fingerprint density at radius 2 is 1.47 bits per heavy atom. The summed E-state index contributed by atoms with van der Waals surface area (Å²) in [6.45, 7) is 0.418. The molecule has 146 valence electrons. The summed E-state index contributed by atoms with van der Waals surface area (Å²) in [5.74, 6) is -0.156. The Bertz CT molecular complexity index is 1330. The van der Waals surface area contributed by atoms with Crippen LogP contribution in [0.4, 0.5) is 0 Å². The van der Waals surface area contributed by atoms with E-state index in [1.54, 1.807) is 0 Å². The van der Waals surface area contributed by atoms with Crippen LogP contribution < -0.4 is 5.32 Å². The van der Waals surface area contributed by atoms with E-state index < -0.39 is 0 Å². The number of nitrogens with zero attached hydrogens (tertiary/aromatic N) is 2. The Labute approximate surface area is 173 Å². The Kier molecular flexibility index (Phi) is 4.69. The third kappa shape index (κ3) is 3.53. The highest BCUT2D eigenvalue weighted by Crippen LogP contribution is 2.29. The zero-order valence-electron chi connectivity index (χ0n) is 16.2. The summed E-state index contributed by atoms with van der Waals surface area (Å²) in [5, 5.41) is 3.79. The van der Waals surface area contributed by atoms with Gasteiger partial charge in [-0.1, -0.05) is 72.8 Å². The van der Waals surface area contributed by atoms with Gasteiger partial charge in [0.1, 0.15) is 11.1 Å². The zero-order valence-corrected chi connectivity index (χ0v) is 16.2. The highest BCUT2D eigenvalue weighted by atomic mass is 16.3. The van der Waals surface area contributed by atoms with Crippen LogP contribution in [0.15, 0.2) is 89.3 Å². The van der Waals surface area contributed by atoms with Crippen molar-refractivity contribution in [2.45, 2.75) is 13.0 Å². The maximum absolute atomic E-state index is 12.9. The number of fused-ring (bicyclic) bond motifs is 3. The van der Waals surface area contributed by atoms with Crippen LogP contribution in [-0.2, 0) is 13.0 Å². The number of carbonyl (C=O) groups is 1. The molecule has 0 aliphatic rings. The van der Waals surface area contributed by atoms with Gasteiger partial charge in [-0.25, -0.2) is 9.97 Å². The number of hydrogen-bond acceptors (Lipinski definition) is 4. The first kappa shape index (κ1) is 18.1. The minimum absolute atomic E-state index is 0.149. The van der Waals surface area contributed by atoms with Crippen molar-refractivity contribution in [2.75, 3.05) is 0 Å². The second-order valence-corrected chi connectivity index (χ2v) is 7.10. The van der Waals surface area contributed by atoms with Crippen molar-refractivity contribution >= 4 is 28.0 Å². The molecule has 5 aromatic rings. The van der Waals surface area contributed by atoms with Gasteiger partial charge in [-0.3, -0.25) is 4.79 Å². The smallest absolute Gasteiger partial charge is 0.289 e. The summed E-state index contributed by atoms with van der Waals surface area (Å²) in [4.78, 5) is 22.0. The quantitative estimate of drug-likeness (QED) is 0.461. The number of furan rings is 1. The molecule has 1 N–H and O–H groups in total. The monoisotopic (exact) mass is 393 g/mol. The molecule has 5 heteroatoms. The Morgan fingerprint density at radius 3 is 2.23 bits per heavy atom. The molecule has 0 aliphatic carbocycles. The largest absolute Gasteiger partial charge is 0.452 e. The van der Waals surface area contributed by atoms with Gasteiger partial charge in [0.15, 0.2) is 5.58 Å². The molecule has 0 radical (unpaired) electrons. The predicted octanol–water partition coefficient (Wildman–Crippen LogP) is 4.90. The first-order chi connectivity index (χ1) is 14.8. The molecule has 2 aromatic heterocycles. The standard InChI is InChI=1S/C25H19N3O2/c29-25(26-16-18-11-5-2-6-12-18)24-27-20(15-17-9-3-1-4-10-17)23-22(28-24)19-13-7-8-14-21(19)30-23/h1-14H,15-16H2,(H,26,29). The molecular formula is C25H19N3O2. The predicted molar refractivity (Wildman–Crippen MR) is 116 cm³/mol. The molecule has 30 heavy (non-hydrogen) atoms. The number of benzene rings is 3. The zero-order chi connectivity index (χ0) is 20.3. The molecule has 0 spiro atoms. The molecule has 0 saturated carbocycles. The topological polar surface area (TPSA) is 68.0 Å². The number of carbonyl (C=O) groups excluding carboxylic acids is 1. The molecule has 1 amide bonds. The Hall–Kier alpha value is -3.99. The van der Waals surface area contributed by atoms with E-state index in [0.29, 0.717) is 29.8 Å². The van der Waals surface area contributed by atoms with Gasteiger partial charge in [0.05, 0.1) is 5.69 Å². The second kappa shape index (κ2) is 7.79. The van der Waals surface area contributed by atoms with Crippen molar-refractivity contribution in [3.8, 4) is 0 Å². The van der Waals surface area contributed by atoms with Crippen LogP contribution in [-0.4, -0.2) is 15.9 Å². The molecule has 2 heterocycles. The lowest BCUT2D eigenvalue weighted by Crippen LogP contribution is -2.25. The van der Waals surface area contributed by atoms with Crippen molar-refractivity contribution in [2.24, 2.45) is 0 Å². The van der Waals surface area contributed by atoms with Gasteiger partial charge in [0.2, 0.25) is 5.82 Å². The molecule has 0 unspecified atom stereocenters. The van der Waals surface area contributed by atoms with Gasteiger partial charge in [0.25, 0.3) is 5.91 Å². The first-order valence-corrected chi connectivity index (χ1v) is 9.82. The van der Waals surface area contributed by atoms with E-state index in [1.807, 2.05) is 84.9 Å². The van der Waals surface area contributed by atoms with Crippen molar-refractivity contribution in [3.05, 3.63) is 108 Å². The van der Waals surface area contributed by atoms with Crippen LogP contribution in [0.5, 0.6) is 0 Å². The molecule has 0 bridgehead atoms. The molecular weight excluding hydrogens is 374 g/mol. The van der Waals surface area contributed by atoms with E-state index in [9.17, 15) is 4.79 Å². The third-order valence-corrected chi connectivity index (χ3v) is 5.00. The summed E-state index contributed by atoms with van der Waals surface area (Å²) < 4.78 is 6.06. The maximum Gasteiger partial charge on any atom is 0.289 e. The highest BCUT2D eigenvalue weighted by Gasteiger charge is 2.19. The van der Waals surface area contributed by atoms with Crippen molar-refractivity contribution < 1.29 is 9.21 Å². The number of rotatable bonds is 5. The summed E-state index contributed by atoms with van der Waals surface area (Å²) in [6.07, 6.45) is 0.554. The lowest BCUT2D eigenvalue weighted by molar-refractivity contribution is 0.0940. The second-order valence-electron chi connectivity index (χ2n) is 7.10. The van der Waals surface area contributed by atoms with Gasteiger partial charge in [-0.05, 0) is 23.3 Å². The normalized spacial score (nSPS) is 11.1. The fourth-order valence-electron chi connectivity index (χ4n) is 3.52. The fourth-order valence-corrected chi connectivity index (χ4v) is 3.52. The van der Waals surface area contributed by atoms with Gasteiger partial charge in [0, 0.05) is 18.4 Å². The third-order valence-electron chi connectivity index (χ3n) is 5.00. The number of nitrogens with one attached hydrogen (secondary N) is 1. The molecule has 0 atom stereocenters. The molecule has 0 fully saturated rings. The number of hydrogen-bond donors (Lipinski definition) is 1. The molecule has 5 nitrogen and oxygen atoms in total. The number of aromatic nitrogens is 2. The summed E-state index contributed by atoms with van der Waals surface area (Å²) in [6, 6.07) is 27.5.